The van der Waals surface area contributed by atoms with Crippen LogP contribution in [0.25, 0.3) is 0 Å². The highest BCUT2D eigenvalue weighted by Crippen LogP contribution is 2.21. The van der Waals surface area contributed by atoms with E-state index in [2.05, 4.69) is 29.8 Å². The van der Waals surface area contributed by atoms with Gasteiger partial charge in [0.25, 0.3) is 0 Å². The molecule has 0 spiro atoms. The van der Waals surface area contributed by atoms with Gasteiger partial charge in [-0.25, -0.2) is 0 Å². The molecule has 0 aliphatic carbocycles. The SMILES string of the molecule is Cc1ccsc1CNCCSc1cccc(Cl)c1. The Morgan fingerprint density at radius 3 is 2.94 bits per heavy atom. The summed E-state index contributed by atoms with van der Waals surface area (Å²) >= 11 is 9.59. The Labute approximate surface area is 122 Å². The standard InChI is InChI=1S/C14H16ClNS2/c1-11-5-7-18-14(11)10-16-6-8-17-13-4-2-3-12(15)9-13/h2-5,7,9,16H,6,8,10H2,1H3. The summed E-state index contributed by atoms with van der Waals surface area (Å²) in [5.74, 6) is 1.06. The number of thioether (sulfide) groups is 1. The maximum absolute atomic E-state index is 5.94. The van der Waals surface area contributed by atoms with E-state index in [1.807, 2.05) is 41.3 Å². The predicted molar refractivity (Wildman–Crippen MR) is 82.9 cm³/mol. The van der Waals surface area contributed by atoms with Gasteiger partial charge >= 0.3 is 0 Å². The van der Waals surface area contributed by atoms with Gasteiger partial charge in [0.1, 0.15) is 0 Å². The number of nitrogens with one attached hydrogen (secondary N) is 1. The van der Waals surface area contributed by atoms with Crippen LogP contribution in [0.15, 0.2) is 40.6 Å². The third kappa shape index (κ3) is 4.32. The summed E-state index contributed by atoms with van der Waals surface area (Å²) in [4.78, 5) is 2.67. The van der Waals surface area contributed by atoms with Crippen LogP contribution in [0, 0.1) is 6.92 Å². The lowest BCUT2D eigenvalue weighted by Gasteiger charge is -2.04. The molecular weight excluding hydrogens is 282 g/mol. The van der Waals surface area contributed by atoms with Crippen LogP contribution in [0.3, 0.4) is 0 Å². The van der Waals surface area contributed by atoms with Gasteiger partial charge in [0.05, 0.1) is 0 Å². The van der Waals surface area contributed by atoms with E-state index in [9.17, 15) is 0 Å². The van der Waals surface area contributed by atoms with Crippen LogP contribution in [-0.2, 0) is 6.54 Å². The molecule has 4 heteroatoms. The maximum atomic E-state index is 5.94. The number of thiophene rings is 1. The smallest absolute Gasteiger partial charge is 0.0417 e. The fourth-order valence-corrected chi connectivity index (χ4v) is 3.58. The van der Waals surface area contributed by atoms with Crippen molar-refractivity contribution < 1.29 is 0 Å². The number of aryl methyl sites for hydroxylation is 1. The Kier molecular flexibility index (Phi) is 5.57. The van der Waals surface area contributed by atoms with E-state index in [0.29, 0.717) is 0 Å². The zero-order valence-electron chi connectivity index (χ0n) is 10.3. The van der Waals surface area contributed by atoms with Gasteiger partial charge in [-0.3, -0.25) is 0 Å². The van der Waals surface area contributed by atoms with E-state index in [1.165, 1.54) is 15.3 Å². The molecule has 0 aliphatic heterocycles. The van der Waals surface area contributed by atoms with Crippen molar-refractivity contribution in [2.75, 3.05) is 12.3 Å². The largest absolute Gasteiger partial charge is 0.311 e. The quantitative estimate of drug-likeness (QED) is 0.618. The Morgan fingerprint density at radius 1 is 1.33 bits per heavy atom. The fourth-order valence-electron chi connectivity index (χ4n) is 1.58. The van der Waals surface area contributed by atoms with E-state index >= 15 is 0 Å². The normalized spacial score (nSPS) is 10.8. The Morgan fingerprint density at radius 2 is 2.22 bits per heavy atom. The third-order valence-corrected chi connectivity index (χ3v) is 4.85. The van der Waals surface area contributed by atoms with Gasteiger partial charge in [0, 0.05) is 33.6 Å². The van der Waals surface area contributed by atoms with E-state index in [0.717, 1.165) is 23.9 Å². The topological polar surface area (TPSA) is 12.0 Å². The lowest BCUT2D eigenvalue weighted by molar-refractivity contribution is 0.738. The summed E-state index contributed by atoms with van der Waals surface area (Å²) in [5.41, 5.74) is 1.38. The van der Waals surface area contributed by atoms with Crippen molar-refractivity contribution in [1.29, 1.82) is 0 Å². The molecule has 0 atom stereocenters. The lowest BCUT2D eigenvalue weighted by atomic mass is 10.3. The van der Waals surface area contributed by atoms with Crippen LogP contribution >= 0.6 is 34.7 Å². The van der Waals surface area contributed by atoms with Crippen molar-refractivity contribution in [3.63, 3.8) is 0 Å². The molecule has 1 nitrogen and oxygen atoms in total. The van der Waals surface area contributed by atoms with Crippen molar-refractivity contribution in [2.24, 2.45) is 0 Å². The summed E-state index contributed by atoms with van der Waals surface area (Å²) in [6.07, 6.45) is 0. The minimum atomic E-state index is 0.808. The minimum Gasteiger partial charge on any atom is -0.311 e. The summed E-state index contributed by atoms with van der Waals surface area (Å²) in [5, 5.41) is 6.42. The monoisotopic (exact) mass is 297 g/mol. The molecule has 0 aliphatic rings. The molecule has 1 heterocycles. The fraction of sp³-hybridized carbons (Fsp3) is 0.286. The zero-order chi connectivity index (χ0) is 12.8. The first kappa shape index (κ1) is 13.9. The molecule has 0 bridgehead atoms. The molecule has 1 aromatic carbocycles. The van der Waals surface area contributed by atoms with Gasteiger partial charge < -0.3 is 5.32 Å². The Hall–Kier alpha value is -0.480. The zero-order valence-corrected chi connectivity index (χ0v) is 12.7. The summed E-state index contributed by atoms with van der Waals surface area (Å²) in [7, 11) is 0. The van der Waals surface area contributed by atoms with Gasteiger partial charge in [0.15, 0.2) is 0 Å². The van der Waals surface area contributed by atoms with Crippen LogP contribution in [-0.4, -0.2) is 12.3 Å². The number of rotatable bonds is 6. The second-order valence-electron chi connectivity index (χ2n) is 4.01. The van der Waals surface area contributed by atoms with Crippen LogP contribution in [0.1, 0.15) is 10.4 Å². The molecule has 0 fully saturated rings. The highest BCUT2D eigenvalue weighted by Gasteiger charge is 1.99. The molecule has 1 aromatic heterocycles. The molecule has 0 unspecified atom stereocenters. The maximum Gasteiger partial charge on any atom is 0.0417 e. The molecule has 0 amide bonds. The summed E-state index contributed by atoms with van der Waals surface area (Å²) in [6.45, 7) is 4.14. The first-order valence-corrected chi connectivity index (χ1v) is 8.12. The summed E-state index contributed by atoms with van der Waals surface area (Å²) < 4.78 is 0. The predicted octanol–water partition coefficient (Wildman–Crippen LogP) is 4.59. The first-order valence-electron chi connectivity index (χ1n) is 5.88. The van der Waals surface area contributed by atoms with Gasteiger partial charge in [-0.2, -0.15) is 0 Å². The van der Waals surface area contributed by atoms with Gasteiger partial charge in [0.2, 0.25) is 0 Å². The highest BCUT2D eigenvalue weighted by molar-refractivity contribution is 7.99. The number of hydrogen-bond acceptors (Lipinski definition) is 3. The molecule has 96 valence electrons. The van der Waals surface area contributed by atoms with Gasteiger partial charge in [-0.1, -0.05) is 17.7 Å². The first-order chi connectivity index (χ1) is 8.75. The molecule has 0 saturated carbocycles. The van der Waals surface area contributed by atoms with Gasteiger partial charge in [-0.15, -0.1) is 23.1 Å². The highest BCUT2D eigenvalue weighted by atomic mass is 35.5. The summed E-state index contributed by atoms with van der Waals surface area (Å²) in [6, 6.07) is 10.2. The molecular formula is C14H16ClNS2. The third-order valence-electron chi connectivity index (χ3n) is 2.60. The average molecular weight is 298 g/mol. The van der Waals surface area contributed by atoms with E-state index in [1.54, 1.807) is 0 Å². The van der Waals surface area contributed by atoms with Crippen molar-refractivity contribution >= 4 is 34.7 Å². The minimum absolute atomic E-state index is 0.808. The second-order valence-corrected chi connectivity index (χ2v) is 6.61. The lowest BCUT2D eigenvalue weighted by Crippen LogP contribution is -2.16. The van der Waals surface area contributed by atoms with Gasteiger partial charge in [-0.05, 0) is 42.1 Å². The molecule has 2 rings (SSSR count). The number of halogens is 1. The van der Waals surface area contributed by atoms with E-state index in [-0.39, 0.29) is 0 Å². The average Bonchev–Trinajstić information content (AvgIpc) is 2.75. The van der Waals surface area contributed by atoms with Crippen LogP contribution in [0.2, 0.25) is 5.02 Å². The number of benzene rings is 1. The van der Waals surface area contributed by atoms with Crippen molar-refractivity contribution in [2.45, 2.75) is 18.4 Å². The van der Waals surface area contributed by atoms with Crippen LogP contribution < -0.4 is 5.32 Å². The van der Waals surface area contributed by atoms with Crippen molar-refractivity contribution in [3.05, 3.63) is 51.2 Å². The molecule has 0 saturated heterocycles. The second kappa shape index (κ2) is 7.19. The Balaban J connectivity index is 1.66. The van der Waals surface area contributed by atoms with Crippen molar-refractivity contribution in [1.82, 2.24) is 5.32 Å². The van der Waals surface area contributed by atoms with Crippen molar-refractivity contribution in [3.8, 4) is 0 Å². The molecule has 1 N–H and O–H groups in total. The van der Waals surface area contributed by atoms with Crippen LogP contribution in [0.5, 0.6) is 0 Å². The van der Waals surface area contributed by atoms with Crippen LogP contribution in [0.4, 0.5) is 0 Å². The van der Waals surface area contributed by atoms with E-state index < -0.39 is 0 Å². The van der Waals surface area contributed by atoms with E-state index in [4.69, 9.17) is 11.6 Å². The molecule has 2 aromatic rings. The Bertz CT molecular complexity index is 496. The number of hydrogen-bond donors (Lipinski definition) is 1. The molecule has 0 radical (unpaired) electrons. The molecule has 18 heavy (non-hydrogen) atoms.